The van der Waals surface area contributed by atoms with E-state index in [-0.39, 0.29) is 12.6 Å². The topological polar surface area (TPSA) is 43.8 Å². The third kappa shape index (κ3) is 3.03. The molecule has 1 heterocycles. The van der Waals surface area contributed by atoms with Gasteiger partial charge in [0.2, 0.25) is 0 Å². The Labute approximate surface area is 152 Å². The van der Waals surface area contributed by atoms with Crippen LogP contribution < -0.4 is 9.80 Å². The summed E-state index contributed by atoms with van der Waals surface area (Å²) in [5, 5.41) is 11.0. The van der Waals surface area contributed by atoms with Crippen LogP contribution in [0.1, 0.15) is 13.3 Å². The van der Waals surface area contributed by atoms with Gasteiger partial charge in [-0.25, -0.2) is 4.79 Å². The lowest BCUT2D eigenvalue weighted by atomic mass is 10.1. The summed E-state index contributed by atoms with van der Waals surface area (Å²) in [6.45, 7) is 2.12. The second-order valence-corrected chi connectivity index (χ2v) is 7.32. The molecule has 1 saturated heterocycles. The number of halogens is 2. The summed E-state index contributed by atoms with van der Waals surface area (Å²) >= 11 is 6.78. The molecule has 2 aromatic rings. The molecule has 2 amide bonds. The van der Waals surface area contributed by atoms with E-state index in [2.05, 4.69) is 31.9 Å². The van der Waals surface area contributed by atoms with Crippen molar-refractivity contribution < 1.29 is 9.90 Å². The molecule has 2 aromatic carbocycles. The number of β-amino-alcohol motifs (C(OH)–C–C–N with tert-alkyl or cyclic N) is 1. The number of urea groups is 1. The summed E-state index contributed by atoms with van der Waals surface area (Å²) < 4.78 is 1.88. The zero-order chi connectivity index (χ0) is 16.6. The quantitative estimate of drug-likeness (QED) is 0.749. The average molecular weight is 440 g/mol. The van der Waals surface area contributed by atoms with Crippen LogP contribution in [0.5, 0.6) is 0 Å². The molecule has 1 atom stereocenters. The molecule has 0 aliphatic carbocycles. The smallest absolute Gasteiger partial charge is 0.331 e. The molecule has 0 bridgehead atoms. The normalized spacial score (nSPS) is 21.1. The van der Waals surface area contributed by atoms with E-state index in [9.17, 15) is 9.90 Å². The standard InChI is InChI=1S/C17H16Br2N2O2/c1-2-17(23)11-20(14-7-3-12(18)4-8-14)16(22)21(17)15-9-5-13(19)6-10-15/h3-10,23H,2,11H2,1H3. The van der Waals surface area contributed by atoms with Gasteiger partial charge >= 0.3 is 6.03 Å². The molecule has 0 saturated carbocycles. The van der Waals surface area contributed by atoms with Crippen LogP contribution in [0.25, 0.3) is 0 Å². The summed E-state index contributed by atoms with van der Waals surface area (Å²) in [5.41, 5.74) is 0.227. The predicted molar refractivity (Wildman–Crippen MR) is 98.7 cm³/mol. The SMILES string of the molecule is CCC1(O)CN(c2ccc(Br)cc2)C(=O)N1c1ccc(Br)cc1. The first-order chi connectivity index (χ1) is 10.9. The maximum absolute atomic E-state index is 12.9. The van der Waals surface area contributed by atoms with E-state index in [4.69, 9.17) is 0 Å². The molecule has 1 aliphatic rings. The first-order valence-corrected chi connectivity index (χ1v) is 8.88. The first kappa shape index (κ1) is 16.5. The van der Waals surface area contributed by atoms with E-state index in [1.165, 1.54) is 4.90 Å². The minimum Gasteiger partial charge on any atom is -0.369 e. The number of rotatable bonds is 3. The summed E-state index contributed by atoms with van der Waals surface area (Å²) in [7, 11) is 0. The summed E-state index contributed by atoms with van der Waals surface area (Å²) in [6, 6.07) is 14.7. The first-order valence-electron chi connectivity index (χ1n) is 7.30. The highest BCUT2D eigenvalue weighted by Crippen LogP contribution is 2.36. The van der Waals surface area contributed by atoms with Crippen LogP contribution in [-0.4, -0.2) is 23.4 Å². The van der Waals surface area contributed by atoms with Gasteiger partial charge in [-0.15, -0.1) is 0 Å². The number of carbonyl (C=O) groups excluding carboxylic acids is 1. The van der Waals surface area contributed by atoms with Crippen LogP contribution in [0.3, 0.4) is 0 Å². The highest BCUT2D eigenvalue weighted by molar-refractivity contribution is 9.10. The number of aliphatic hydroxyl groups is 1. The van der Waals surface area contributed by atoms with Crippen molar-refractivity contribution in [2.45, 2.75) is 19.1 Å². The van der Waals surface area contributed by atoms with Crippen molar-refractivity contribution in [1.82, 2.24) is 0 Å². The number of hydrogen-bond donors (Lipinski definition) is 1. The van der Waals surface area contributed by atoms with Gasteiger partial charge in [-0.3, -0.25) is 9.80 Å². The van der Waals surface area contributed by atoms with Gasteiger partial charge in [0, 0.05) is 20.3 Å². The molecule has 0 aromatic heterocycles. The Hall–Kier alpha value is -1.37. The number of amides is 2. The summed E-state index contributed by atoms with van der Waals surface area (Å²) in [4.78, 5) is 16.0. The Morgan fingerprint density at radius 2 is 1.48 bits per heavy atom. The Balaban J connectivity index is 2.00. The van der Waals surface area contributed by atoms with Crippen LogP contribution in [0.4, 0.5) is 16.2 Å². The number of hydrogen-bond acceptors (Lipinski definition) is 2. The summed E-state index contributed by atoms with van der Waals surface area (Å²) in [5.74, 6) is 0. The second kappa shape index (κ2) is 6.26. The van der Waals surface area contributed by atoms with Crippen molar-refractivity contribution in [3.8, 4) is 0 Å². The molecule has 1 N–H and O–H groups in total. The van der Waals surface area contributed by atoms with Crippen LogP contribution >= 0.6 is 31.9 Å². The number of carbonyl (C=O) groups is 1. The Bertz CT molecular complexity index is 718. The fourth-order valence-electron chi connectivity index (χ4n) is 2.72. The van der Waals surface area contributed by atoms with E-state index < -0.39 is 5.72 Å². The largest absolute Gasteiger partial charge is 0.369 e. The van der Waals surface area contributed by atoms with Gasteiger partial charge in [0.05, 0.1) is 6.54 Å². The highest BCUT2D eigenvalue weighted by Gasteiger charge is 2.48. The minimum absolute atomic E-state index is 0.223. The van der Waals surface area contributed by atoms with Crippen LogP contribution in [0.15, 0.2) is 57.5 Å². The molecule has 4 nitrogen and oxygen atoms in total. The molecule has 1 unspecified atom stereocenters. The number of benzene rings is 2. The van der Waals surface area contributed by atoms with Gasteiger partial charge in [-0.2, -0.15) is 0 Å². The molecule has 120 valence electrons. The van der Waals surface area contributed by atoms with Crippen molar-refractivity contribution >= 4 is 49.3 Å². The van der Waals surface area contributed by atoms with E-state index in [1.807, 2.05) is 55.5 Å². The zero-order valence-electron chi connectivity index (χ0n) is 12.5. The van der Waals surface area contributed by atoms with Crippen molar-refractivity contribution in [2.24, 2.45) is 0 Å². The molecule has 1 aliphatic heterocycles. The van der Waals surface area contributed by atoms with Gasteiger partial charge in [-0.05, 0) is 55.0 Å². The molecule has 6 heteroatoms. The third-order valence-electron chi connectivity index (χ3n) is 4.04. The van der Waals surface area contributed by atoms with E-state index in [0.29, 0.717) is 12.1 Å². The third-order valence-corrected chi connectivity index (χ3v) is 5.10. The zero-order valence-corrected chi connectivity index (χ0v) is 15.7. The van der Waals surface area contributed by atoms with Gasteiger partial charge < -0.3 is 5.11 Å². The maximum Gasteiger partial charge on any atom is 0.331 e. The van der Waals surface area contributed by atoms with Crippen LogP contribution in [0.2, 0.25) is 0 Å². The van der Waals surface area contributed by atoms with E-state index in [1.54, 1.807) is 4.90 Å². The Kier molecular flexibility index (Phi) is 4.49. The molecule has 3 rings (SSSR count). The maximum atomic E-state index is 12.9. The summed E-state index contributed by atoms with van der Waals surface area (Å²) in [6.07, 6.45) is 0.446. The fourth-order valence-corrected chi connectivity index (χ4v) is 3.25. The van der Waals surface area contributed by atoms with E-state index >= 15 is 0 Å². The second-order valence-electron chi connectivity index (χ2n) is 5.49. The van der Waals surface area contributed by atoms with Crippen LogP contribution in [0, 0.1) is 0 Å². The van der Waals surface area contributed by atoms with Gasteiger partial charge in [0.15, 0.2) is 5.72 Å². The lowest BCUT2D eigenvalue weighted by Crippen LogP contribution is -2.46. The lowest BCUT2D eigenvalue weighted by Gasteiger charge is -2.30. The number of anilines is 2. The van der Waals surface area contributed by atoms with Crippen molar-refractivity contribution in [1.29, 1.82) is 0 Å². The molecule has 0 radical (unpaired) electrons. The predicted octanol–water partition coefficient (Wildman–Crippen LogP) is 4.76. The van der Waals surface area contributed by atoms with Crippen molar-refractivity contribution in [3.05, 3.63) is 57.5 Å². The lowest BCUT2D eigenvalue weighted by molar-refractivity contribution is 0.0640. The molecular weight excluding hydrogens is 424 g/mol. The molecule has 0 spiro atoms. The number of nitrogens with zero attached hydrogens (tertiary/aromatic N) is 2. The monoisotopic (exact) mass is 438 g/mol. The molecule has 23 heavy (non-hydrogen) atoms. The van der Waals surface area contributed by atoms with Crippen molar-refractivity contribution in [3.63, 3.8) is 0 Å². The fraction of sp³-hybridized carbons (Fsp3) is 0.235. The van der Waals surface area contributed by atoms with Gasteiger partial charge in [-0.1, -0.05) is 38.8 Å². The average Bonchev–Trinajstić information content (AvgIpc) is 2.81. The van der Waals surface area contributed by atoms with Crippen LogP contribution in [-0.2, 0) is 0 Å². The van der Waals surface area contributed by atoms with Gasteiger partial charge in [0.1, 0.15) is 0 Å². The Morgan fingerprint density at radius 1 is 1.00 bits per heavy atom. The van der Waals surface area contributed by atoms with Crippen molar-refractivity contribution in [2.75, 3.05) is 16.3 Å². The Morgan fingerprint density at radius 3 is 1.96 bits per heavy atom. The van der Waals surface area contributed by atoms with Gasteiger partial charge in [0.25, 0.3) is 0 Å². The highest BCUT2D eigenvalue weighted by atomic mass is 79.9. The molecular formula is C17H16Br2N2O2. The minimum atomic E-state index is -1.22. The van der Waals surface area contributed by atoms with E-state index in [0.717, 1.165) is 14.6 Å². The molecule has 1 fully saturated rings.